The minimum absolute atomic E-state index is 0.471. The average molecular weight is 289 g/mol. The number of carbonyl (C=O) groups excluding carboxylic acids is 1. The summed E-state index contributed by atoms with van der Waals surface area (Å²) in [6.07, 6.45) is -2.84. The number of carbonyl (C=O) groups is 1. The highest BCUT2D eigenvalue weighted by atomic mass is 79.9. The number of hydrogen-bond donors (Lipinski definition) is 2. The van der Waals surface area contributed by atoms with E-state index in [0.29, 0.717) is 5.56 Å². The third-order valence-electron chi connectivity index (χ3n) is 2.27. The Morgan fingerprint density at radius 1 is 1.44 bits per heavy atom. The molecule has 1 rings (SSSR count). The van der Waals surface area contributed by atoms with Crippen LogP contribution in [0.5, 0.6) is 0 Å². The summed E-state index contributed by atoms with van der Waals surface area (Å²) in [7, 11) is 1.16. The lowest BCUT2D eigenvalue weighted by Crippen LogP contribution is -2.29. The molecule has 5 heteroatoms. The number of hydrogen-bond acceptors (Lipinski definition) is 4. The zero-order valence-electron chi connectivity index (χ0n) is 8.98. The fraction of sp³-hybridized carbons (Fsp3) is 0.364. The number of esters is 1. The maximum absolute atomic E-state index is 11.0. The van der Waals surface area contributed by atoms with Crippen LogP contribution in [-0.2, 0) is 9.53 Å². The molecule has 1 aromatic rings. The van der Waals surface area contributed by atoms with Crippen LogP contribution in [0.1, 0.15) is 17.2 Å². The van der Waals surface area contributed by atoms with Gasteiger partial charge in [0.05, 0.1) is 7.11 Å². The third kappa shape index (κ3) is 2.81. The van der Waals surface area contributed by atoms with Crippen LogP contribution in [0, 0.1) is 6.92 Å². The van der Waals surface area contributed by atoms with Gasteiger partial charge in [0.2, 0.25) is 0 Å². The second-order valence-electron chi connectivity index (χ2n) is 3.42. The van der Waals surface area contributed by atoms with Gasteiger partial charge in [0.15, 0.2) is 6.10 Å². The van der Waals surface area contributed by atoms with Gasteiger partial charge in [-0.3, -0.25) is 0 Å². The van der Waals surface area contributed by atoms with Crippen LogP contribution in [0.3, 0.4) is 0 Å². The highest BCUT2D eigenvalue weighted by Crippen LogP contribution is 2.23. The van der Waals surface area contributed by atoms with Crippen molar-refractivity contribution in [2.45, 2.75) is 19.1 Å². The number of ether oxygens (including phenoxy) is 1. The normalized spacial score (nSPS) is 14.3. The Bertz CT molecular complexity index is 392. The molecule has 0 saturated carbocycles. The van der Waals surface area contributed by atoms with E-state index in [-0.39, 0.29) is 0 Å². The number of rotatable bonds is 3. The number of aryl methyl sites for hydroxylation is 1. The van der Waals surface area contributed by atoms with E-state index in [2.05, 4.69) is 20.7 Å². The van der Waals surface area contributed by atoms with E-state index < -0.39 is 18.2 Å². The lowest BCUT2D eigenvalue weighted by molar-refractivity contribution is -0.156. The Morgan fingerprint density at radius 2 is 2.06 bits per heavy atom. The van der Waals surface area contributed by atoms with Crippen molar-refractivity contribution in [2.24, 2.45) is 0 Å². The molecular formula is C11H13BrO4. The molecule has 0 aliphatic heterocycles. The lowest BCUT2D eigenvalue weighted by Gasteiger charge is -2.16. The number of halogens is 1. The Labute approximate surface area is 102 Å². The summed E-state index contributed by atoms with van der Waals surface area (Å²) >= 11 is 3.32. The Kier molecular flexibility index (Phi) is 4.46. The summed E-state index contributed by atoms with van der Waals surface area (Å²) in [5.41, 5.74) is 1.38. The molecule has 2 unspecified atom stereocenters. The summed E-state index contributed by atoms with van der Waals surface area (Å²) in [5.74, 6) is -0.854. The fourth-order valence-electron chi connectivity index (χ4n) is 1.28. The molecule has 0 aliphatic rings. The van der Waals surface area contributed by atoms with E-state index >= 15 is 0 Å². The molecule has 16 heavy (non-hydrogen) atoms. The van der Waals surface area contributed by atoms with E-state index in [4.69, 9.17) is 0 Å². The second kappa shape index (κ2) is 5.43. The molecule has 0 radical (unpaired) electrons. The molecule has 0 amide bonds. The molecule has 0 saturated heterocycles. The van der Waals surface area contributed by atoms with Gasteiger partial charge < -0.3 is 14.9 Å². The van der Waals surface area contributed by atoms with Gasteiger partial charge in [-0.05, 0) is 24.1 Å². The summed E-state index contributed by atoms with van der Waals surface area (Å²) < 4.78 is 5.25. The Hall–Kier alpha value is -0.910. The van der Waals surface area contributed by atoms with Gasteiger partial charge >= 0.3 is 5.97 Å². The second-order valence-corrected chi connectivity index (χ2v) is 4.28. The van der Waals surface area contributed by atoms with Gasteiger partial charge in [-0.25, -0.2) is 4.79 Å². The van der Waals surface area contributed by atoms with E-state index in [1.165, 1.54) is 0 Å². The highest BCUT2D eigenvalue weighted by Gasteiger charge is 2.26. The van der Waals surface area contributed by atoms with Crippen LogP contribution in [-0.4, -0.2) is 29.4 Å². The molecule has 0 aliphatic carbocycles. The maximum atomic E-state index is 11.0. The van der Waals surface area contributed by atoms with Gasteiger partial charge in [-0.15, -0.1) is 0 Å². The molecule has 0 heterocycles. The number of benzene rings is 1. The highest BCUT2D eigenvalue weighted by molar-refractivity contribution is 9.10. The Morgan fingerprint density at radius 3 is 2.56 bits per heavy atom. The van der Waals surface area contributed by atoms with Crippen LogP contribution in [0.25, 0.3) is 0 Å². The predicted octanol–water partition coefficient (Wildman–Crippen LogP) is 1.32. The summed E-state index contributed by atoms with van der Waals surface area (Å²) in [6, 6.07) is 5.08. The molecule has 0 spiro atoms. The number of methoxy groups -OCH3 is 1. The quantitative estimate of drug-likeness (QED) is 0.824. The smallest absolute Gasteiger partial charge is 0.337 e. The van der Waals surface area contributed by atoms with Crippen LogP contribution in [0.4, 0.5) is 0 Å². The number of aliphatic hydroxyl groups excluding tert-OH is 2. The van der Waals surface area contributed by atoms with Crippen LogP contribution in [0.2, 0.25) is 0 Å². The monoisotopic (exact) mass is 288 g/mol. The molecular weight excluding hydrogens is 276 g/mol. The largest absolute Gasteiger partial charge is 0.467 e. The lowest BCUT2D eigenvalue weighted by atomic mass is 10.0. The zero-order chi connectivity index (χ0) is 12.3. The van der Waals surface area contributed by atoms with Crippen molar-refractivity contribution in [2.75, 3.05) is 7.11 Å². The van der Waals surface area contributed by atoms with Crippen LogP contribution >= 0.6 is 15.9 Å². The van der Waals surface area contributed by atoms with Crippen molar-refractivity contribution in [3.63, 3.8) is 0 Å². The molecule has 0 fully saturated rings. The van der Waals surface area contributed by atoms with Crippen molar-refractivity contribution >= 4 is 21.9 Å². The zero-order valence-corrected chi connectivity index (χ0v) is 10.6. The van der Waals surface area contributed by atoms with Crippen LogP contribution < -0.4 is 0 Å². The van der Waals surface area contributed by atoms with Gasteiger partial charge in [0.25, 0.3) is 0 Å². The van der Waals surface area contributed by atoms with Gasteiger partial charge in [-0.2, -0.15) is 0 Å². The molecule has 2 N–H and O–H groups in total. The molecule has 0 aromatic heterocycles. The molecule has 88 valence electrons. The van der Waals surface area contributed by atoms with Gasteiger partial charge in [0.1, 0.15) is 6.10 Å². The SMILES string of the molecule is COC(=O)C(O)C(O)c1ccc(Br)c(C)c1. The predicted molar refractivity (Wildman–Crippen MR) is 61.9 cm³/mol. The van der Waals surface area contributed by atoms with E-state index in [1.807, 2.05) is 6.92 Å². The topological polar surface area (TPSA) is 66.8 Å². The molecule has 1 aromatic carbocycles. The van der Waals surface area contributed by atoms with Crippen molar-refractivity contribution in [1.29, 1.82) is 0 Å². The van der Waals surface area contributed by atoms with Crippen molar-refractivity contribution in [3.8, 4) is 0 Å². The van der Waals surface area contributed by atoms with E-state index in [1.54, 1.807) is 18.2 Å². The van der Waals surface area contributed by atoms with E-state index in [0.717, 1.165) is 17.1 Å². The van der Waals surface area contributed by atoms with Crippen molar-refractivity contribution in [1.82, 2.24) is 0 Å². The first-order valence-corrected chi connectivity index (χ1v) is 5.46. The van der Waals surface area contributed by atoms with Gasteiger partial charge in [-0.1, -0.05) is 28.1 Å². The van der Waals surface area contributed by atoms with E-state index in [9.17, 15) is 15.0 Å². The summed E-state index contributed by atoms with van der Waals surface area (Å²) in [4.78, 5) is 11.0. The molecule has 2 atom stereocenters. The average Bonchev–Trinajstić information content (AvgIpc) is 2.29. The van der Waals surface area contributed by atoms with Crippen LogP contribution in [0.15, 0.2) is 22.7 Å². The maximum Gasteiger partial charge on any atom is 0.337 e. The standard InChI is InChI=1S/C11H13BrO4/c1-6-5-7(3-4-8(6)12)9(13)10(14)11(15)16-2/h3-5,9-10,13-14H,1-2H3. The minimum Gasteiger partial charge on any atom is -0.467 e. The minimum atomic E-state index is -1.56. The number of aliphatic hydroxyl groups is 2. The Balaban J connectivity index is 2.91. The van der Waals surface area contributed by atoms with Crippen molar-refractivity contribution < 1.29 is 19.7 Å². The first-order chi connectivity index (χ1) is 7.47. The third-order valence-corrected chi connectivity index (χ3v) is 3.16. The summed E-state index contributed by atoms with van der Waals surface area (Å²) in [6.45, 7) is 1.85. The first kappa shape index (κ1) is 13.2. The first-order valence-electron chi connectivity index (χ1n) is 4.67. The fourth-order valence-corrected chi connectivity index (χ4v) is 1.53. The molecule has 4 nitrogen and oxygen atoms in total. The van der Waals surface area contributed by atoms with Gasteiger partial charge in [0, 0.05) is 4.47 Å². The molecule has 0 bridgehead atoms. The van der Waals surface area contributed by atoms with Crippen molar-refractivity contribution in [3.05, 3.63) is 33.8 Å². The summed E-state index contributed by atoms with van der Waals surface area (Å²) in [5, 5.41) is 19.2.